The van der Waals surface area contributed by atoms with E-state index in [-0.39, 0.29) is 5.82 Å². The first-order valence-corrected chi connectivity index (χ1v) is 7.36. The molecule has 0 saturated heterocycles. The van der Waals surface area contributed by atoms with E-state index in [4.69, 9.17) is 4.74 Å². The number of nitrogens with zero attached hydrogens (tertiary/aromatic N) is 2. The molecule has 0 amide bonds. The number of rotatable bonds is 8. The largest absolute Gasteiger partial charge is 0.486 e. The molecule has 0 saturated carbocycles. The number of ether oxygens (including phenoxy) is 1. The topological polar surface area (TPSA) is 39.1 Å². The van der Waals surface area contributed by atoms with Gasteiger partial charge < -0.3 is 14.6 Å². The summed E-state index contributed by atoms with van der Waals surface area (Å²) in [5, 5.41) is 3.26. The minimum Gasteiger partial charge on any atom is -0.486 e. The van der Waals surface area contributed by atoms with Crippen molar-refractivity contribution in [3.8, 4) is 5.75 Å². The van der Waals surface area contributed by atoms with Crippen LogP contribution >= 0.6 is 0 Å². The van der Waals surface area contributed by atoms with Crippen molar-refractivity contribution in [2.24, 2.45) is 0 Å². The molecular formula is C16H22FN3O. The maximum atomic E-state index is 13.6. The van der Waals surface area contributed by atoms with Crippen LogP contribution in [0.3, 0.4) is 0 Å². The number of imidazole rings is 1. The lowest BCUT2D eigenvalue weighted by Gasteiger charge is -2.10. The van der Waals surface area contributed by atoms with E-state index < -0.39 is 0 Å². The van der Waals surface area contributed by atoms with Crippen LogP contribution in [-0.4, -0.2) is 16.1 Å². The minimum absolute atomic E-state index is 0.278. The van der Waals surface area contributed by atoms with Crippen molar-refractivity contribution >= 4 is 0 Å². The van der Waals surface area contributed by atoms with E-state index in [1.807, 2.05) is 23.8 Å². The fourth-order valence-electron chi connectivity index (χ4n) is 2.13. The SMILES string of the molecule is CCCNCc1cc(F)cc(OCc2nccn2CC)c1. The Labute approximate surface area is 125 Å². The molecule has 2 aromatic rings. The van der Waals surface area contributed by atoms with Gasteiger partial charge in [-0.25, -0.2) is 9.37 Å². The summed E-state index contributed by atoms with van der Waals surface area (Å²) < 4.78 is 21.3. The summed E-state index contributed by atoms with van der Waals surface area (Å²) in [6.45, 7) is 6.89. The third-order valence-electron chi connectivity index (χ3n) is 3.20. The van der Waals surface area contributed by atoms with Gasteiger partial charge in [-0.2, -0.15) is 0 Å². The van der Waals surface area contributed by atoms with Crippen molar-refractivity contribution in [3.63, 3.8) is 0 Å². The lowest BCUT2D eigenvalue weighted by molar-refractivity contribution is 0.288. The Bertz CT molecular complexity index is 568. The summed E-state index contributed by atoms with van der Waals surface area (Å²) in [7, 11) is 0. The van der Waals surface area contributed by atoms with E-state index in [0.29, 0.717) is 18.9 Å². The number of halogens is 1. The fourth-order valence-corrected chi connectivity index (χ4v) is 2.13. The van der Waals surface area contributed by atoms with Gasteiger partial charge in [0.15, 0.2) is 0 Å². The summed E-state index contributed by atoms with van der Waals surface area (Å²) in [5.41, 5.74) is 0.886. The van der Waals surface area contributed by atoms with Crippen LogP contribution in [0, 0.1) is 5.82 Å². The molecule has 0 spiro atoms. The van der Waals surface area contributed by atoms with Crippen LogP contribution in [0.1, 0.15) is 31.7 Å². The first-order chi connectivity index (χ1) is 10.2. The number of hydrogen-bond acceptors (Lipinski definition) is 3. The Hall–Kier alpha value is -1.88. The van der Waals surface area contributed by atoms with Crippen LogP contribution in [0.4, 0.5) is 4.39 Å². The predicted molar refractivity (Wildman–Crippen MR) is 80.6 cm³/mol. The van der Waals surface area contributed by atoms with Gasteiger partial charge in [0.2, 0.25) is 0 Å². The predicted octanol–water partition coefficient (Wildman–Crippen LogP) is 3.12. The molecule has 0 bridgehead atoms. The summed E-state index contributed by atoms with van der Waals surface area (Å²) in [6.07, 6.45) is 4.70. The van der Waals surface area contributed by atoms with Gasteiger partial charge in [0.1, 0.15) is 24.0 Å². The van der Waals surface area contributed by atoms with Crippen LogP contribution in [-0.2, 0) is 19.7 Å². The number of aryl methyl sites for hydroxylation is 1. The Morgan fingerprint density at radius 1 is 1.29 bits per heavy atom. The van der Waals surface area contributed by atoms with Crippen molar-refractivity contribution < 1.29 is 9.13 Å². The summed E-state index contributed by atoms with van der Waals surface area (Å²) in [6, 6.07) is 4.80. The first-order valence-electron chi connectivity index (χ1n) is 7.36. The quantitative estimate of drug-likeness (QED) is 0.760. The lowest BCUT2D eigenvalue weighted by atomic mass is 10.2. The number of nitrogens with one attached hydrogen (secondary N) is 1. The zero-order valence-corrected chi connectivity index (χ0v) is 12.6. The minimum atomic E-state index is -0.278. The van der Waals surface area contributed by atoms with Gasteiger partial charge in [0, 0.05) is 31.5 Å². The Balaban J connectivity index is 1.99. The molecule has 1 aromatic heterocycles. The molecule has 5 heteroatoms. The highest BCUT2D eigenvalue weighted by atomic mass is 19.1. The molecule has 0 atom stereocenters. The molecule has 114 valence electrons. The average molecular weight is 291 g/mol. The molecule has 2 rings (SSSR count). The second-order valence-corrected chi connectivity index (χ2v) is 4.89. The van der Waals surface area contributed by atoms with Crippen LogP contribution in [0.5, 0.6) is 5.75 Å². The third kappa shape index (κ3) is 4.56. The zero-order chi connectivity index (χ0) is 15.1. The van der Waals surface area contributed by atoms with Gasteiger partial charge in [-0.1, -0.05) is 6.92 Å². The van der Waals surface area contributed by atoms with E-state index in [2.05, 4.69) is 17.2 Å². The molecular weight excluding hydrogens is 269 g/mol. The van der Waals surface area contributed by atoms with Crippen LogP contribution in [0.2, 0.25) is 0 Å². The van der Waals surface area contributed by atoms with Gasteiger partial charge in [0.25, 0.3) is 0 Å². The molecule has 21 heavy (non-hydrogen) atoms. The molecule has 0 aliphatic heterocycles. The van der Waals surface area contributed by atoms with E-state index >= 15 is 0 Å². The highest BCUT2D eigenvalue weighted by Gasteiger charge is 2.05. The lowest BCUT2D eigenvalue weighted by Crippen LogP contribution is -2.14. The Morgan fingerprint density at radius 2 is 2.14 bits per heavy atom. The number of aromatic nitrogens is 2. The van der Waals surface area contributed by atoms with Crippen molar-refractivity contribution in [3.05, 3.63) is 47.8 Å². The zero-order valence-electron chi connectivity index (χ0n) is 12.6. The van der Waals surface area contributed by atoms with Gasteiger partial charge >= 0.3 is 0 Å². The Kier molecular flexibility index (Phi) is 5.75. The monoisotopic (exact) mass is 291 g/mol. The second kappa shape index (κ2) is 7.78. The van der Waals surface area contributed by atoms with Crippen molar-refractivity contribution in [1.82, 2.24) is 14.9 Å². The van der Waals surface area contributed by atoms with E-state index in [9.17, 15) is 4.39 Å². The van der Waals surface area contributed by atoms with Gasteiger partial charge in [-0.3, -0.25) is 0 Å². The third-order valence-corrected chi connectivity index (χ3v) is 3.20. The second-order valence-electron chi connectivity index (χ2n) is 4.89. The van der Waals surface area contributed by atoms with Crippen molar-refractivity contribution in [2.45, 2.75) is 40.0 Å². The van der Waals surface area contributed by atoms with Crippen LogP contribution in [0.25, 0.3) is 0 Å². The molecule has 0 fully saturated rings. The standard InChI is InChI=1S/C16H22FN3O/c1-3-5-18-11-13-8-14(17)10-15(9-13)21-12-16-19-6-7-20(16)4-2/h6-10,18H,3-5,11-12H2,1-2H3. The summed E-state index contributed by atoms with van der Waals surface area (Å²) in [4.78, 5) is 4.24. The maximum Gasteiger partial charge on any atom is 0.146 e. The fraction of sp³-hybridized carbons (Fsp3) is 0.438. The highest BCUT2D eigenvalue weighted by Crippen LogP contribution is 2.17. The molecule has 1 heterocycles. The molecule has 0 aliphatic carbocycles. The highest BCUT2D eigenvalue weighted by molar-refractivity contribution is 5.29. The maximum absolute atomic E-state index is 13.6. The van der Waals surface area contributed by atoms with E-state index in [0.717, 1.165) is 30.9 Å². The number of benzene rings is 1. The molecule has 1 aromatic carbocycles. The van der Waals surface area contributed by atoms with Gasteiger partial charge in [-0.15, -0.1) is 0 Å². The van der Waals surface area contributed by atoms with Crippen LogP contribution in [0.15, 0.2) is 30.6 Å². The molecule has 1 N–H and O–H groups in total. The van der Waals surface area contributed by atoms with Crippen molar-refractivity contribution in [2.75, 3.05) is 6.54 Å². The average Bonchev–Trinajstić information content (AvgIpc) is 2.92. The normalized spacial score (nSPS) is 10.8. The molecule has 0 radical (unpaired) electrons. The van der Waals surface area contributed by atoms with Gasteiger partial charge in [0.05, 0.1) is 0 Å². The molecule has 0 unspecified atom stereocenters. The summed E-state index contributed by atoms with van der Waals surface area (Å²) >= 11 is 0. The van der Waals surface area contributed by atoms with Gasteiger partial charge in [-0.05, 0) is 37.6 Å². The molecule has 4 nitrogen and oxygen atoms in total. The van der Waals surface area contributed by atoms with Crippen LogP contribution < -0.4 is 10.1 Å². The number of hydrogen-bond donors (Lipinski definition) is 1. The van der Waals surface area contributed by atoms with Crippen molar-refractivity contribution in [1.29, 1.82) is 0 Å². The first kappa shape index (κ1) is 15.5. The summed E-state index contributed by atoms with van der Waals surface area (Å²) in [5.74, 6) is 1.10. The molecule has 0 aliphatic rings. The smallest absolute Gasteiger partial charge is 0.146 e. The van der Waals surface area contributed by atoms with E-state index in [1.165, 1.54) is 12.1 Å². The van der Waals surface area contributed by atoms with E-state index in [1.54, 1.807) is 6.20 Å². The Morgan fingerprint density at radius 3 is 2.90 bits per heavy atom.